The first kappa shape index (κ1) is 15.5. The van der Waals surface area contributed by atoms with E-state index in [4.69, 9.17) is 0 Å². The maximum atomic E-state index is 11.8. The zero-order valence-electron chi connectivity index (χ0n) is 13.1. The van der Waals surface area contributed by atoms with Crippen molar-refractivity contribution in [2.75, 3.05) is 16.8 Å². The molecule has 126 valence electrons. The first-order valence-corrected chi connectivity index (χ1v) is 8.63. The third kappa shape index (κ3) is 2.89. The molecule has 3 heterocycles. The van der Waals surface area contributed by atoms with Gasteiger partial charge in [-0.25, -0.2) is 15.0 Å². The molecule has 0 unspecified atom stereocenters. The number of aryl methyl sites for hydroxylation is 1. The van der Waals surface area contributed by atoms with E-state index in [2.05, 4.69) is 20.3 Å². The topological polar surface area (TPSA) is 97.1 Å². The fourth-order valence-electron chi connectivity index (χ4n) is 2.97. The molecule has 9 heteroatoms. The normalized spacial score (nSPS) is 13.4. The summed E-state index contributed by atoms with van der Waals surface area (Å²) in [5.74, 6) is 0.444. The minimum absolute atomic E-state index is 0.144. The Bertz CT molecular complexity index is 915. The van der Waals surface area contributed by atoms with Crippen LogP contribution in [0.25, 0.3) is 0 Å². The van der Waals surface area contributed by atoms with Crippen LogP contribution in [-0.2, 0) is 6.42 Å². The molecule has 1 aliphatic heterocycles. The Morgan fingerprint density at radius 1 is 1.24 bits per heavy atom. The highest BCUT2D eigenvalue weighted by atomic mass is 32.1. The summed E-state index contributed by atoms with van der Waals surface area (Å²) in [6.45, 7) is 0.672. The monoisotopic (exact) mass is 354 g/mol. The summed E-state index contributed by atoms with van der Waals surface area (Å²) >= 11 is 1.35. The predicted octanol–water partition coefficient (Wildman–Crippen LogP) is 3.67. The number of rotatable bonds is 4. The lowest BCUT2D eigenvalue weighted by Crippen LogP contribution is -2.26. The molecule has 3 aromatic rings. The molecule has 1 aliphatic rings. The van der Waals surface area contributed by atoms with E-state index in [9.17, 15) is 10.1 Å². The van der Waals surface area contributed by atoms with E-state index in [1.165, 1.54) is 17.7 Å². The lowest BCUT2D eigenvalue weighted by molar-refractivity contribution is -0.383. The number of para-hydroxylation sites is 1. The number of aromatic nitrogens is 3. The van der Waals surface area contributed by atoms with Gasteiger partial charge in [0.15, 0.2) is 5.13 Å². The average Bonchev–Trinajstić information content (AvgIpc) is 3.14. The van der Waals surface area contributed by atoms with E-state index >= 15 is 0 Å². The molecule has 1 N–H and O–H groups in total. The van der Waals surface area contributed by atoms with Crippen LogP contribution in [0.5, 0.6) is 0 Å². The Kier molecular flexibility index (Phi) is 3.98. The van der Waals surface area contributed by atoms with Gasteiger partial charge in [0, 0.05) is 23.8 Å². The van der Waals surface area contributed by atoms with Gasteiger partial charge in [0.2, 0.25) is 11.6 Å². The van der Waals surface area contributed by atoms with Crippen molar-refractivity contribution in [3.05, 3.63) is 57.8 Å². The number of anilines is 4. The number of fused-ring (bicyclic) bond motifs is 1. The molecule has 0 saturated carbocycles. The number of thiazole rings is 1. The number of hydrogen-bond donors (Lipinski definition) is 1. The zero-order chi connectivity index (χ0) is 17.2. The van der Waals surface area contributed by atoms with Gasteiger partial charge in [-0.1, -0.05) is 18.2 Å². The summed E-state index contributed by atoms with van der Waals surface area (Å²) in [4.78, 5) is 25.6. The predicted molar refractivity (Wildman–Crippen MR) is 95.9 cm³/mol. The Morgan fingerprint density at radius 3 is 2.92 bits per heavy atom. The summed E-state index contributed by atoms with van der Waals surface area (Å²) in [5, 5.41) is 17.0. The van der Waals surface area contributed by atoms with Gasteiger partial charge in [-0.05, 0) is 24.5 Å². The highest BCUT2D eigenvalue weighted by Gasteiger charge is 2.30. The number of nitro groups is 1. The van der Waals surface area contributed by atoms with Crippen LogP contribution in [0.2, 0.25) is 0 Å². The van der Waals surface area contributed by atoms with Crippen molar-refractivity contribution >= 4 is 39.5 Å². The standard InChI is InChI=1S/C16H14N6O2S/c23-22(24)13-14(20-16-17-7-9-25-16)18-10-19-15(13)21-8-3-5-11-4-1-2-6-12(11)21/h1-2,4,6-7,9-10H,3,5,8H2,(H,17,18,19,20). The highest BCUT2D eigenvalue weighted by molar-refractivity contribution is 7.13. The van der Waals surface area contributed by atoms with Crippen LogP contribution in [-0.4, -0.2) is 26.4 Å². The highest BCUT2D eigenvalue weighted by Crippen LogP contribution is 2.40. The van der Waals surface area contributed by atoms with Crippen molar-refractivity contribution in [1.29, 1.82) is 0 Å². The Balaban J connectivity index is 1.81. The molecular formula is C16H14N6O2S. The van der Waals surface area contributed by atoms with Crippen LogP contribution in [0, 0.1) is 10.1 Å². The second-order valence-electron chi connectivity index (χ2n) is 5.50. The summed E-state index contributed by atoms with van der Waals surface area (Å²) in [7, 11) is 0. The van der Waals surface area contributed by atoms with Crippen molar-refractivity contribution in [2.45, 2.75) is 12.8 Å². The number of hydrogen-bond acceptors (Lipinski definition) is 8. The molecule has 0 amide bonds. The van der Waals surface area contributed by atoms with E-state index in [1.54, 1.807) is 11.6 Å². The van der Waals surface area contributed by atoms with Gasteiger partial charge < -0.3 is 10.2 Å². The maximum absolute atomic E-state index is 11.8. The number of nitrogens with one attached hydrogen (secondary N) is 1. The largest absolute Gasteiger partial charge is 0.354 e. The van der Waals surface area contributed by atoms with Crippen molar-refractivity contribution < 1.29 is 4.92 Å². The van der Waals surface area contributed by atoms with Gasteiger partial charge in [0.25, 0.3) is 0 Å². The lowest BCUT2D eigenvalue weighted by atomic mass is 10.0. The lowest BCUT2D eigenvalue weighted by Gasteiger charge is -2.30. The van der Waals surface area contributed by atoms with Crippen molar-refractivity contribution in [1.82, 2.24) is 15.0 Å². The van der Waals surface area contributed by atoms with E-state index in [-0.39, 0.29) is 11.5 Å². The van der Waals surface area contributed by atoms with Crippen molar-refractivity contribution in [2.24, 2.45) is 0 Å². The fraction of sp³-hybridized carbons (Fsp3) is 0.188. The van der Waals surface area contributed by atoms with Crippen molar-refractivity contribution in [3.63, 3.8) is 0 Å². The molecule has 1 aromatic carbocycles. The molecule has 0 spiro atoms. The molecule has 0 fully saturated rings. The van der Waals surface area contributed by atoms with Crippen LogP contribution in [0.1, 0.15) is 12.0 Å². The van der Waals surface area contributed by atoms with E-state index in [0.717, 1.165) is 24.1 Å². The summed E-state index contributed by atoms with van der Waals surface area (Å²) in [6, 6.07) is 7.92. The van der Waals surface area contributed by atoms with Gasteiger partial charge >= 0.3 is 5.69 Å². The molecule has 0 radical (unpaired) electrons. The fourth-order valence-corrected chi connectivity index (χ4v) is 3.49. The molecule has 4 rings (SSSR count). The number of benzene rings is 1. The van der Waals surface area contributed by atoms with E-state index < -0.39 is 4.92 Å². The average molecular weight is 354 g/mol. The maximum Gasteiger partial charge on any atom is 0.354 e. The molecule has 8 nitrogen and oxygen atoms in total. The van der Waals surface area contributed by atoms with Gasteiger partial charge in [0.1, 0.15) is 6.33 Å². The van der Waals surface area contributed by atoms with Gasteiger partial charge in [-0.3, -0.25) is 10.1 Å². The third-order valence-electron chi connectivity index (χ3n) is 4.01. The molecule has 0 aliphatic carbocycles. The third-order valence-corrected chi connectivity index (χ3v) is 4.70. The molecule has 25 heavy (non-hydrogen) atoms. The molecular weight excluding hydrogens is 340 g/mol. The first-order chi connectivity index (χ1) is 12.2. The summed E-state index contributed by atoms with van der Waals surface area (Å²) < 4.78 is 0. The van der Waals surface area contributed by atoms with Gasteiger partial charge in [0.05, 0.1) is 4.92 Å². The minimum atomic E-state index is -0.442. The number of nitrogens with zero attached hydrogens (tertiary/aromatic N) is 5. The van der Waals surface area contributed by atoms with Crippen molar-refractivity contribution in [3.8, 4) is 0 Å². The van der Waals surface area contributed by atoms with Crippen LogP contribution >= 0.6 is 11.3 Å². The smallest absolute Gasteiger partial charge is 0.320 e. The minimum Gasteiger partial charge on any atom is -0.320 e. The zero-order valence-corrected chi connectivity index (χ0v) is 13.9. The Hall–Kier alpha value is -3.07. The SMILES string of the molecule is O=[N+]([O-])c1c(Nc2nccs2)ncnc1N1CCCc2ccccc21. The molecule has 2 aromatic heterocycles. The summed E-state index contributed by atoms with van der Waals surface area (Å²) in [5.41, 5.74) is 1.97. The Labute approximate surface area is 147 Å². The van der Waals surface area contributed by atoms with Crippen LogP contribution in [0.4, 0.5) is 28.1 Å². The first-order valence-electron chi connectivity index (χ1n) is 7.75. The molecule has 0 bridgehead atoms. The van der Waals surface area contributed by atoms with Crippen LogP contribution < -0.4 is 10.2 Å². The Morgan fingerprint density at radius 2 is 2.12 bits per heavy atom. The molecule has 0 atom stereocenters. The quantitative estimate of drug-likeness (QED) is 0.564. The van der Waals surface area contributed by atoms with E-state index in [1.807, 2.05) is 29.2 Å². The summed E-state index contributed by atoms with van der Waals surface area (Å²) in [6.07, 6.45) is 4.83. The van der Waals surface area contributed by atoms with Crippen LogP contribution in [0.15, 0.2) is 42.2 Å². The van der Waals surface area contributed by atoms with Gasteiger partial charge in [-0.2, -0.15) is 0 Å². The second kappa shape index (κ2) is 6.44. The second-order valence-corrected chi connectivity index (χ2v) is 6.39. The van der Waals surface area contributed by atoms with Gasteiger partial charge in [-0.15, -0.1) is 11.3 Å². The molecule has 0 saturated heterocycles. The van der Waals surface area contributed by atoms with E-state index in [0.29, 0.717) is 17.5 Å². The van der Waals surface area contributed by atoms with Crippen LogP contribution in [0.3, 0.4) is 0 Å².